The van der Waals surface area contributed by atoms with E-state index in [-0.39, 0.29) is 11.3 Å². The molecule has 3 nitrogen and oxygen atoms in total. The van der Waals surface area contributed by atoms with Gasteiger partial charge in [-0.1, -0.05) is 6.07 Å². The van der Waals surface area contributed by atoms with Crippen molar-refractivity contribution in [1.29, 1.82) is 0 Å². The molecule has 0 spiro atoms. The predicted molar refractivity (Wildman–Crippen MR) is 64.6 cm³/mol. The molecule has 1 heterocycles. The van der Waals surface area contributed by atoms with E-state index in [9.17, 15) is 13.0 Å². The lowest BCUT2D eigenvalue weighted by Crippen LogP contribution is -2.21. The lowest BCUT2D eigenvalue weighted by atomic mass is 10.1. The number of hydroxylamine groups is 1. The summed E-state index contributed by atoms with van der Waals surface area (Å²) in [5.74, 6) is -1.61. The second kappa shape index (κ2) is 4.78. The highest BCUT2D eigenvalue weighted by Gasteiger charge is 2.27. The van der Waals surface area contributed by atoms with Crippen molar-refractivity contribution in [3.05, 3.63) is 46.5 Å². The van der Waals surface area contributed by atoms with Crippen molar-refractivity contribution in [2.24, 2.45) is 0 Å². The SMILES string of the molecule is CC1(C)C=C(S(=O)Cc2c(F)cccc2F)NO1. The molecular formula is C12H13F2NO2S. The molecule has 1 aliphatic heterocycles. The van der Waals surface area contributed by atoms with Crippen LogP contribution in [0.15, 0.2) is 29.3 Å². The maximum atomic E-state index is 13.4. The maximum absolute atomic E-state index is 13.4. The molecule has 0 bridgehead atoms. The Labute approximate surface area is 106 Å². The van der Waals surface area contributed by atoms with Gasteiger partial charge in [-0.2, -0.15) is 0 Å². The predicted octanol–water partition coefficient (Wildman–Crippen LogP) is 2.37. The fraction of sp³-hybridized carbons (Fsp3) is 0.333. The average Bonchev–Trinajstić information content (AvgIpc) is 2.64. The Morgan fingerprint density at radius 3 is 2.44 bits per heavy atom. The molecule has 0 aromatic heterocycles. The van der Waals surface area contributed by atoms with Crippen LogP contribution >= 0.6 is 0 Å². The Bertz CT molecular complexity index is 509. The van der Waals surface area contributed by atoms with Crippen molar-refractivity contribution < 1.29 is 17.8 Å². The minimum atomic E-state index is -1.57. The van der Waals surface area contributed by atoms with Gasteiger partial charge in [0.05, 0.1) is 16.6 Å². The summed E-state index contributed by atoms with van der Waals surface area (Å²) in [5.41, 5.74) is 1.77. The first-order valence-electron chi connectivity index (χ1n) is 5.37. The van der Waals surface area contributed by atoms with Gasteiger partial charge in [0.1, 0.15) is 22.3 Å². The minimum absolute atomic E-state index is 0.178. The van der Waals surface area contributed by atoms with E-state index in [1.54, 1.807) is 19.9 Å². The van der Waals surface area contributed by atoms with Crippen LogP contribution in [0.2, 0.25) is 0 Å². The Balaban J connectivity index is 2.18. The molecule has 6 heteroatoms. The second-order valence-corrected chi connectivity index (χ2v) is 5.93. The minimum Gasteiger partial charge on any atom is -0.265 e. The van der Waals surface area contributed by atoms with Crippen LogP contribution in [-0.4, -0.2) is 9.81 Å². The van der Waals surface area contributed by atoms with Gasteiger partial charge in [0.15, 0.2) is 0 Å². The molecule has 18 heavy (non-hydrogen) atoms. The zero-order valence-corrected chi connectivity index (χ0v) is 10.8. The maximum Gasteiger partial charge on any atom is 0.130 e. The van der Waals surface area contributed by atoms with E-state index in [1.165, 1.54) is 6.07 Å². The van der Waals surface area contributed by atoms with Gasteiger partial charge in [-0.15, -0.1) is 0 Å². The highest BCUT2D eigenvalue weighted by molar-refractivity contribution is 7.88. The molecule has 0 saturated heterocycles. The summed E-state index contributed by atoms with van der Waals surface area (Å²) in [4.78, 5) is 5.15. The quantitative estimate of drug-likeness (QED) is 0.919. The third-order valence-corrected chi connectivity index (χ3v) is 3.72. The summed E-state index contributed by atoms with van der Waals surface area (Å²) in [7, 11) is -1.57. The van der Waals surface area contributed by atoms with Crippen LogP contribution in [0.5, 0.6) is 0 Å². The summed E-state index contributed by atoms with van der Waals surface area (Å²) in [5, 5.41) is 0.336. The third kappa shape index (κ3) is 2.76. The molecule has 1 unspecified atom stereocenters. The zero-order chi connectivity index (χ0) is 13.3. The van der Waals surface area contributed by atoms with E-state index in [2.05, 4.69) is 5.48 Å². The molecular weight excluding hydrogens is 260 g/mol. The first kappa shape index (κ1) is 13.2. The highest BCUT2D eigenvalue weighted by Crippen LogP contribution is 2.23. The normalized spacial score (nSPS) is 19.2. The van der Waals surface area contributed by atoms with Gasteiger partial charge in [0.25, 0.3) is 0 Å². The third-order valence-electron chi connectivity index (χ3n) is 2.48. The van der Waals surface area contributed by atoms with E-state index >= 15 is 0 Å². The summed E-state index contributed by atoms with van der Waals surface area (Å²) >= 11 is 0. The molecule has 0 saturated carbocycles. The lowest BCUT2D eigenvalue weighted by molar-refractivity contribution is -0.0128. The van der Waals surface area contributed by atoms with Crippen molar-refractivity contribution >= 4 is 10.8 Å². The second-order valence-electron chi connectivity index (χ2n) is 4.51. The molecule has 0 fully saturated rings. The van der Waals surface area contributed by atoms with E-state index in [0.29, 0.717) is 5.03 Å². The summed E-state index contributed by atoms with van der Waals surface area (Å²) in [6.07, 6.45) is 1.64. The number of nitrogens with one attached hydrogen (secondary N) is 1. The van der Waals surface area contributed by atoms with Gasteiger partial charge in [-0.25, -0.2) is 8.78 Å². The lowest BCUT2D eigenvalue weighted by Gasteiger charge is -2.11. The Morgan fingerprint density at radius 2 is 1.94 bits per heavy atom. The van der Waals surface area contributed by atoms with Gasteiger partial charge >= 0.3 is 0 Å². The van der Waals surface area contributed by atoms with Crippen LogP contribution in [-0.2, 0) is 21.4 Å². The smallest absolute Gasteiger partial charge is 0.130 e. The Kier molecular flexibility index (Phi) is 3.49. The number of rotatable bonds is 3. The largest absolute Gasteiger partial charge is 0.265 e. The molecule has 0 radical (unpaired) electrons. The molecule has 0 aliphatic carbocycles. The molecule has 1 aliphatic rings. The molecule has 98 valence electrons. The fourth-order valence-corrected chi connectivity index (χ4v) is 2.79. The standard InChI is InChI=1S/C12H13F2NO2S/c1-12(2)6-11(15-17-12)18(16)7-8-9(13)4-3-5-10(8)14/h3-6,15H,7H2,1-2H3. The van der Waals surface area contributed by atoms with Crippen LogP contribution in [0.4, 0.5) is 8.78 Å². The summed E-state index contributed by atoms with van der Waals surface area (Å²) < 4.78 is 38.8. The summed E-state index contributed by atoms with van der Waals surface area (Å²) in [6.45, 7) is 3.57. The monoisotopic (exact) mass is 273 g/mol. The number of hydrogen-bond donors (Lipinski definition) is 1. The molecule has 1 atom stereocenters. The average molecular weight is 273 g/mol. The number of halogens is 2. The Hall–Kier alpha value is -1.27. The topological polar surface area (TPSA) is 38.3 Å². The van der Waals surface area contributed by atoms with Crippen LogP contribution < -0.4 is 5.48 Å². The van der Waals surface area contributed by atoms with Crippen LogP contribution in [0, 0.1) is 11.6 Å². The van der Waals surface area contributed by atoms with Crippen LogP contribution in [0.25, 0.3) is 0 Å². The number of benzene rings is 1. The first-order valence-corrected chi connectivity index (χ1v) is 6.69. The summed E-state index contributed by atoms with van der Waals surface area (Å²) in [6, 6.07) is 3.56. The van der Waals surface area contributed by atoms with Crippen molar-refractivity contribution in [2.75, 3.05) is 0 Å². The van der Waals surface area contributed by atoms with Gasteiger partial charge in [0.2, 0.25) is 0 Å². The van der Waals surface area contributed by atoms with Gasteiger partial charge in [-0.3, -0.25) is 14.5 Å². The van der Waals surface area contributed by atoms with Crippen molar-refractivity contribution in [3.8, 4) is 0 Å². The van der Waals surface area contributed by atoms with Crippen molar-refractivity contribution in [1.82, 2.24) is 5.48 Å². The van der Waals surface area contributed by atoms with E-state index in [4.69, 9.17) is 4.84 Å². The van der Waals surface area contributed by atoms with Crippen LogP contribution in [0.1, 0.15) is 19.4 Å². The Morgan fingerprint density at radius 1 is 1.33 bits per heavy atom. The fourth-order valence-electron chi connectivity index (χ4n) is 1.55. The molecule has 1 aromatic carbocycles. The molecule has 2 rings (SSSR count). The van der Waals surface area contributed by atoms with Gasteiger partial charge in [-0.05, 0) is 32.1 Å². The molecule has 0 amide bonds. The van der Waals surface area contributed by atoms with E-state index in [1.807, 2.05) is 0 Å². The molecule has 1 N–H and O–H groups in total. The van der Waals surface area contributed by atoms with Crippen molar-refractivity contribution in [2.45, 2.75) is 25.2 Å². The van der Waals surface area contributed by atoms with Crippen LogP contribution in [0.3, 0.4) is 0 Å². The highest BCUT2D eigenvalue weighted by atomic mass is 32.2. The first-order chi connectivity index (χ1) is 8.39. The van der Waals surface area contributed by atoms with E-state index in [0.717, 1.165) is 12.1 Å². The van der Waals surface area contributed by atoms with Gasteiger partial charge in [0, 0.05) is 5.56 Å². The van der Waals surface area contributed by atoms with E-state index < -0.39 is 28.0 Å². The van der Waals surface area contributed by atoms with Crippen molar-refractivity contribution in [3.63, 3.8) is 0 Å². The number of hydrogen-bond acceptors (Lipinski definition) is 3. The van der Waals surface area contributed by atoms with Gasteiger partial charge < -0.3 is 0 Å². The zero-order valence-electron chi connectivity index (χ0n) is 10.00. The molecule has 1 aromatic rings.